The van der Waals surface area contributed by atoms with Crippen LogP contribution in [0, 0.1) is 11.6 Å². The first-order chi connectivity index (χ1) is 8.58. The first-order valence-corrected chi connectivity index (χ1v) is 5.50. The molecule has 92 valence electrons. The summed E-state index contributed by atoms with van der Waals surface area (Å²) in [7, 11) is 0. The summed E-state index contributed by atoms with van der Waals surface area (Å²) in [6, 6.07) is 10.5. The Morgan fingerprint density at radius 2 is 1.61 bits per heavy atom. The third-order valence-electron chi connectivity index (χ3n) is 2.25. The molecule has 2 aromatic carbocycles. The van der Waals surface area contributed by atoms with Gasteiger partial charge in [-0.3, -0.25) is 0 Å². The second-order valence-corrected chi connectivity index (χ2v) is 3.99. The van der Waals surface area contributed by atoms with E-state index in [2.05, 4.69) is 12.2 Å². The van der Waals surface area contributed by atoms with Crippen molar-refractivity contribution in [2.45, 2.75) is 0 Å². The van der Waals surface area contributed by atoms with Crippen molar-refractivity contribution in [1.29, 1.82) is 0 Å². The Balaban J connectivity index is 2.37. The molecule has 2 nitrogen and oxygen atoms in total. The minimum atomic E-state index is -0.846. The number of rotatable bonds is 3. The SMILES string of the molecule is NC(=S)c1cc(F)c(Oc2ccccc2)c(F)c1. The van der Waals surface area contributed by atoms with Crippen LogP contribution >= 0.6 is 12.2 Å². The van der Waals surface area contributed by atoms with Gasteiger partial charge in [-0.1, -0.05) is 30.4 Å². The number of halogens is 2. The molecule has 2 N–H and O–H groups in total. The van der Waals surface area contributed by atoms with Gasteiger partial charge >= 0.3 is 0 Å². The lowest BCUT2D eigenvalue weighted by Gasteiger charge is -2.09. The minimum Gasteiger partial charge on any atom is -0.451 e. The quantitative estimate of drug-likeness (QED) is 0.864. The summed E-state index contributed by atoms with van der Waals surface area (Å²) in [5, 5.41) is 0. The van der Waals surface area contributed by atoms with Gasteiger partial charge in [0.25, 0.3) is 0 Å². The van der Waals surface area contributed by atoms with Crippen LogP contribution in [0.2, 0.25) is 0 Å². The Hall–Kier alpha value is -2.01. The number of hydrogen-bond donors (Lipinski definition) is 1. The first kappa shape index (κ1) is 12.4. The Morgan fingerprint density at radius 3 is 2.11 bits per heavy atom. The van der Waals surface area contributed by atoms with Gasteiger partial charge in [0.15, 0.2) is 17.4 Å². The molecule has 5 heteroatoms. The Kier molecular flexibility index (Phi) is 3.53. The van der Waals surface area contributed by atoms with Gasteiger partial charge < -0.3 is 10.5 Å². The topological polar surface area (TPSA) is 35.2 Å². The Morgan fingerprint density at radius 1 is 1.06 bits per heavy atom. The van der Waals surface area contributed by atoms with Crippen LogP contribution in [0.5, 0.6) is 11.5 Å². The number of benzene rings is 2. The van der Waals surface area contributed by atoms with Crippen LogP contribution in [0.3, 0.4) is 0 Å². The summed E-state index contributed by atoms with van der Waals surface area (Å²) >= 11 is 4.66. The molecule has 0 aliphatic heterocycles. The number of ether oxygens (including phenoxy) is 1. The van der Waals surface area contributed by atoms with Gasteiger partial charge in [0.2, 0.25) is 0 Å². The molecule has 0 amide bonds. The van der Waals surface area contributed by atoms with Crippen LogP contribution in [-0.2, 0) is 0 Å². The molecular weight excluding hydrogens is 256 g/mol. The maximum absolute atomic E-state index is 13.7. The molecule has 0 spiro atoms. The minimum absolute atomic E-state index is 0.0703. The van der Waals surface area contributed by atoms with Crippen molar-refractivity contribution in [2.75, 3.05) is 0 Å². The van der Waals surface area contributed by atoms with Crippen molar-refractivity contribution in [3.8, 4) is 11.5 Å². The molecule has 0 bridgehead atoms. The highest BCUT2D eigenvalue weighted by Crippen LogP contribution is 2.28. The molecule has 0 aromatic heterocycles. The molecular formula is C13H9F2NOS. The molecule has 0 saturated heterocycles. The number of para-hydroxylation sites is 1. The van der Waals surface area contributed by atoms with Crippen molar-refractivity contribution in [2.24, 2.45) is 5.73 Å². The van der Waals surface area contributed by atoms with Crippen molar-refractivity contribution < 1.29 is 13.5 Å². The van der Waals surface area contributed by atoms with Crippen LogP contribution in [-0.4, -0.2) is 4.99 Å². The van der Waals surface area contributed by atoms with Crippen LogP contribution in [0.1, 0.15) is 5.56 Å². The van der Waals surface area contributed by atoms with Gasteiger partial charge in [-0.2, -0.15) is 0 Å². The van der Waals surface area contributed by atoms with E-state index < -0.39 is 17.4 Å². The largest absolute Gasteiger partial charge is 0.451 e. The summed E-state index contributed by atoms with van der Waals surface area (Å²) in [6.45, 7) is 0. The monoisotopic (exact) mass is 265 g/mol. The summed E-state index contributed by atoms with van der Waals surface area (Å²) in [4.78, 5) is -0.0703. The summed E-state index contributed by atoms with van der Waals surface area (Å²) in [5.74, 6) is -1.82. The van der Waals surface area contributed by atoms with Gasteiger partial charge in [-0.05, 0) is 24.3 Å². The van der Waals surface area contributed by atoms with E-state index in [-0.39, 0.29) is 10.6 Å². The van der Waals surface area contributed by atoms with Crippen molar-refractivity contribution in [1.82, 2.24) is 0 Å². The Labute approximate surface area is 108 Å². The first-order valence-electron chi connectivity index (χ1n) is 5.09. The van der Waals surface area contributed by atoms with Crippen LogP contribution in [0.25, 0.3) is 0 Å². The zero-order valence-corrected chi connectivity index (χ0v) is 10.0. The molecule has 0 heterocycles. The highest BCUT2D eigenvalue weighted by atomic mass is 32.1. The van der Waals surface area contributed by atoms with E-state index in [4.69, 9.17) is 10.5 Å². The molecule has 0 saturated carbocycles. The maximum Gasteiger partial charge on any atom is 0.198 e. The fourth-order valence-corrected chi connectivity index (χ4v) is 1.52. The molecule has 0 radical (unpaired) electrons. The molecule has 0 aliphatic rings. The fourth-order valence-electron chi connectivity index (χ4n) is 1.41. The zero-order chi connectivity index (χ0) is 13.1. The molecule has 0 fully saturated rings. The van der Waals surface area contributed by atoms with Gasteiger partial charge in [0.05, 0.1) is 0 Å². The van der Waals surface area contributed by atoms with Crippen LogP contribution in [0.4, 0.5) is 8.78 Å². The van der Waals surface area contributed by atoms with Crippen molar-refractivity contribution in [3.63, 3.8) is 0 Å². The van der Waals surface area contributed by atoms with Crippen LogP contribution in [0.15, 0.2) is 42.5 Å². The molecule has 0 aliphatic carbocycles. The summed E-state index contributed by atoms with van der Waals surface area (Å²) in [5.41, 5.74) is 5.44. The van der Waals surface area contributed by atoms with Gasteiger partial charge in [-0.25, -0.2) is 8.78 Å². The zero-order valence-electron chi connectivity index (χ0n) is 9.19. The molecule has 0 unspecified atom stereocenters. The fraction of sp³-hybridized carbons (Fsp3) is 0. The average Bonchev–Trinajstić information content (AvgIpc) is 2.34. The highest BCUT2D eigenvalue weighted by molar-refractivity contribution is 7.80. The standard InChI is InChI=1S/C13H9F2NOS/c14-10-6-8(13(16)18)7-11(15)12(10)17-9-4-2-1-3-5-9/h1-7H,(H2,16,18). The van der Waals surface area contributed by atoms with Gasteiger partial charge in [0, 0.05) is 5.56 Å². The number of hydrogen-bond acceptors (Lipinski definition) is 2. The lowest BCUT2D eigenvalue weighted by atomic mass is 10.2. The van der Waals surface area contributed by atoms with Gasteiger partial charge in [-0.15, -0.1) is 0 Å². The van der Waals surface area contributed by atoms with Crippen molar-refractivity contribution >= 4 is 17.2 Å². The second-order valence-electron chi connectivity index (χ2n) is 3.55. The Bertz CT molecular complexity index is 564. The predicted molar refractivity (Wildman–Crippen MR) is 68.8 cm³/mol. The normalized spacial score (nSPS) is 10.1. The van der Waals surface area contributed by atoms with E-state index in [9.17, 15) is 8.78 Å². The van der Waals surface area contributed by atoms with Crippen molar-refractivity contribution in [3.05, 3.63) is 59.7 Å². The highest BCUT2D eigenvalue weighted by Gasteiger charge is 2.14. The third kappa shape index (κ3) is 2.62. The molecule has 0 atom stereocenters. The maximum atomic E-state index is 13.7. The van der Waals surface area contributed by atoms with Gasteiger partial charge in [0.1, 0.15) is 10.7 Å². The second kappa shape index (κ2) is 5.10. The van der Waals surface area contributed by atoms with E-state index in [0.717, 1.165) is 12.1 Å². The smallest absolute Gasteiger partial charge is 0.198 e. The number of thiocarbonyl (C=S) groups is 1. The summed E-state index contributed by atoms with van der Waals surface area (Å²) < 4.78 is 32.5. The lowest BCUT2D eigenvalue weighted by Crippen LogP contribution is -2.10. The third-order valence-corrected chi connectivity index (χ3v) is 2.48. The average molecular weight is 265 g/mol. The lowest BCUT2D eigenvalue weighted by molar-refractivity contribution is 0.407. The van der Waals surface area contributed by atoms with E-state index in [0.29, 0.717) is 5.75 Å². The van der Waals surface area contributed by atoms with E-state index >= 15 is 0 Å². The van der Waals surface area contributed by atoms with E-state index in [1.807, 2.05) is 0 Å². The predicted octanol–water partition coefficient (Wildman–Crippen LogP) is 3.39. The number of nitrogens with two attached hydrogens (primary N) is 1. The molecule has 2 aromatic rings. The molecule has 18 heavy (non-hydrogen) atoms. The van der Waals surface area contributed by atoms with E-state index in [1.165, 1.54) is 0 Å². The molecule has 2 rings (SSSR count). The summed E-state index contributed by atoms with van der Waals surface area (Å²) in [6.07, 6.45) is 0. The van der Waals surface area contributed by atoms with Crippen LogP contribution < -0.4 is 10.5 Å². The van der Waals surface area contributed by atoms with E-state index in [1.54, 1.807) is 30.3 Å².